The van der Waals surface area contributed by atoms with Crippen LogP contribution in [0.4, 0.5) is 10.1 Å². The molecule has 0 heterocycles. The van der Waals surface area contributed by atoms with Gasteiger partial charge in [0.25, 0.3) is 5.69 Å². The highest BCUT2D eigenvalue weighted by Gasteiger charge is 2.27. The van der Waals surface area contributed by atoms with Gasteiger partial charge >= 0.3 is 10.1 Å². The van der Waals surface area contributed by atoms with Crippen molar-refractivity contribution >= 4 is 15.8 Å². The molecule has 6 nitrogen and oxygen atoms in total. The molecule has 2 rings (SSSR count). The van der Waals surface area contributed by atoms with Gasteiger partial charge in [0.15, 0.2) is 4.90 Å². The van der Waals surface area contributed by atoms with Crippen molar-refractivity contribution < 1.29 is 21.9 Å². The molecule has 0 fully saturated rings. The minimum absolute atomic E-state index is 0.261. The Hall–Kier alpha value is -2.48. The number of halogens is 1. The predicted molar refractivity (Wildman–Crippen MR) is 67.3 cm³/mol. The van der Waals surface area contributed by atoms with Gasteiger partial charge in [0.2, 0.25) is 0 Å². The Bertz CT molecular complexity index is 760. The Morgan fingerprint density at radius 2 is 1.80 bits per heavy atom. The van der Waals surface area contributed by atoms with Crippen molar-refractivity contribution in [3.63, 3.8) is 0 Å². The number of nitro benzene ring substituents is 1. The van der Waals surface area contributed by atoms with Crippen LogP contribution in [-0.2, 0) is 10.1 Å². The fraction of sp³-hybridized carbons (Fsp3) is 0. The van der Waals surface area contributed by atoms with E-state index in [1.165, 1.54) is 24.3 Å². The largest absolute Gasteiger partial charge is 0.379 e. The Morgan fingerprint density at radius 3 is 2.45 bits per heavy atom. The van der Waals surface area contributed by atoms with E-state index in [0.717, 1.165) is 24.3 Å². The number of hydrogen-bond donors (Lipinski definition) is 0. The molecule has 0 aliphatic rings. The lowest BCUT2D eigenvalue weighted by Crippen LogP contribution is -2.12. The van der Waals surface area contributed by atoms with Crippen molar-refractivity contribution in [2.24, 2.45) is 0 Å². The van der Waals surface area contributed by atoms with Gasteiger partial charge in [-0.3, -0.25) is 10.1 Å². The highest BCUT2D eigenvalue weighted by atomic mass is 32.2. The molecule has 0 unspecified atom stereocenters. The van der Waals surface area contributed by atoms with E-state index in [0.29, 0.717) is 0 Å². The lowest BCUT2D eigenvalue weighted by Gasteiger charge is -2.07. The van der Waals surface area contributed by atoms with Crippen LogP contribution >= 0.6 is 0 Å². The minimum Gasteiger partial charge on any atom is -0.379 e. The summed E-state index contributed by atoms with van der Waals surface area (Å²) in [5.74, 6) is -0.941. The normalized spacial score (nSPS) is 11.1. The van der Waals surface area contributed by atoms with Crippen LogP contribution in [0.25, 0.3) is 0 Å². The molecule has 2 aromatic carbocycles. The van der Waals surface area contributed by atoms with Gasteiger partial charge in [-0.15, -0.1) is 0 Å². The maximum absolute atomic E-state index is 13.0. The molecular weight excluding hydrogens is 289 g/mol. The van der Waals surface area contributed by atoms with Crippen LogP contribution in [0.3, 0.4) is 0 Å². The fourth-order valence-corrected chi connectivity index (χ4v) is 2.60. The highest BCUT2D eigenvalue weighted by molar-refractivity contribution is 7.87. The molecule has 20 heavy (non-hydrogen) atoms. The molecule has 0 bridgehead atoms. The predicted octanol–water partition coefficient (Wildman–Crippen LogP) is 2.50. The van der Waals surface area contributed by atoms with Crippen LogP contribution in [0, 0.1) is 15.9 Å². The summed E-state index contributed by atoms with van der Waals surface area (Å²) in [4.78, 5) is 9.38. The molecule has 0 aromatic heterocycles. The summed E-state index contributed by atoms with van der Waals surface area (Å²) in [6.07, 6.45) is 0. The summed E-state index contributed by atoms with van der Waals surface area (Å²) >= 11 is 0. The average Bonchev–Trinajstić information content (AvgIpc) is 2.38. The van der Waals surface area contributed by atoms with E-state index < -0.39 is 31.4 Å². The summed E-state index contributed by atoms with van der Waals surface area (Å²) in [5.41, 5.74) is -0.607. The topological polar surface area (TPSA) is 86.5 Å². The third kappa shape index (κ3) is 2.91. The van der Waals surface area contributed by atoms with E-state index in [9.17, 15) is 22.9 Å². The maximum atomic E-state index is 13.0. The van der Waals surface area contributed by atoms with Gasteiger partial charge in [0.05, 0.1) is 4.92 Å². The molecule has 8 heteroatoms. The van der Waals surface area contributed by atoms with Crippen LogP contribution in [0.2, 0.25) is 0 Å². The molecular formula is C12H8FNO5S. The number of para-hydroxylation sites is 1. The lowest BCUT2D eigenvalue weighted by atomic mass is 10.3. The van der Waals surface area contributed by atoms with Gasteiger partial charge in [-0.05, 0) is 18.2 Å². The lowest BCUT2D eigenvalue weighted by molar-refractivity contribution is -0.387. The van der Waals surface area contributed by atoms with Crippen LogP contribution in [0.15, 0.2) is 53.4 Å². The first-order valence-corrected chi connectivity index (χ1v) is 6.74. The Kier molecular flexibility index (Phi) is 3.66. The number of benzene rings is 2. The summed E-state index contributed by atoms with van der Waals surface area (Å²) in [7, 11) is -4.41. The molecule has 0 amide bonds. The van der Waals surface area contributed by atoms with Gasteiger partial charge in [-0.2, -0.15) is 8.42 Å². The zero-order valence-corrected chi connectivity index (χ0v) is 10.7. The Balaban J connectivity index is 2.44. The van der Waals surface area contributed by atoms with Crippen molar-refractivity contribution in [3.8, 4) is 5.75 Å². The summed E-state index contributed by atoms with van der Waals surface area (Å²) in [5, 5.41) is 10.8. The fourth-order valence-electron chi connectivity index (χ4n) is 1.51. The molecule has 104 valence electrons. The molecule has 0 N–H and O–H groups in total. The van der Waals surface area contributed by atoms with Gasteiger partial charge in [0.1, 0.15) is 11.6 Å². The number of nitro groups is 1. The first kappa shape index (κ1) is 13.9. The molecule has 0 aliphatic carbocycles. The van der Waals surface area contributed by atoms with Crippen molar-refractivity contribution in [1.82, 2.24) is 0 Å². The van der Waals surface area contributed by atoms with Crippen LogP contribution in [0.5, 0.6) is 5.75 Å². The van der Waals surface area contributed by atoms with E-state index in [-0.39, 0.29) is 5.75 Å². The zero-order valence-electron chi connectivity index (χ0n) is 9.89. The van der Waals surface area contributed by atoms with Gasteiger partial charge in [0, 0.05) is 12.1 Å². The van der Waals surface area contributed by atoms with Crippen molar-refractivity contribution in [3.05, 3.63) is 64.5 Å². The molecule has 0 saturated carbocycles. The van der Waals surface area contributed by atoms with E-state index in [1.807, 2.05) is 0 Å². The molecule has 0 radical (unpaired) electrons. The van der Waals surface area contributed by atoms with Crippen molar-refractivity contribution in [1.29, 1.82) is 0 Å². The second-order valence-electron chi connectivity index (χ2n) is 3.72. The Morgan fingerprint density at radius 1 is 1.10 bits per heavy atom. The SMILES string of the molecule is O=[N+]([O-])c1ccccc1S(=O)(=O)Oc1cccc(F)c1. The monoisotopic (exact) mass is 297 g/mol. The van der Waals surface area contributed by atoms with Gasteiger partial charge in [-0.1, -0.05) is 18.2 Å². The standard InChI is InChI=1S/C12H8FNO5S/c13-9-4-3-5-10(8-9)19-20(17,18)12-7-2-1-6-11(12)14(15)16/h1-8H. The number of rotatable bonds is 4. The first-order chi connectivity index (χ1) is 9.40. The van der Waals surface area contributed by atoms with Crippen LogP contribution in [0.1, 0.15) is 0 Å². The van der Waals surface area contributed by atoms with E-state index >= 15 is 0 Å². The third-order valence-corrected chi connectivity index (χ3v) is 3.63. The molecule has 0 spiro atoms. The number of hydrogen-bond acceptors (Lipinski definition) is 5. The zero-order chi connectivity index (χ0) is 14.8. The second-order valence-corrected chi connectivity index (χ2v) is 5.23. The van der Waals surface area contributed by atoms with Crippen molar-refractivity contribution in [2.45, 2.75) is 4.90 Å². The molecule has 0 atom stereocenters. The minimum atomic E-state index is -4.41. The van der Waals surface area contributed by atoms with Crippen LogP contribution < -0.4 is 4.18 Å². The van der Waals surface area contributed by atoms with E-state index in [4.69, 9.17) is 0 Å². The second kappa shape index (κ2) is 5.25. The number of nitrogens with zero attached hydrogens (tertiary/aromatic N) is 1. The van der Waals surface area contributed by atoms with Crippen LogP contribution in [-0.4, -0.2) is 13.3 Å². The molecule has 0 aliphatic heterocycles. The molecule has 0 saturated heterocycles. The first-order valence-electron chi connectivity index (χ1n) is 5.33. The maximum Gasteiger partial charge on any atom is 0.346 e. The van der Waals surface area contributed by atoms with E-state index in [1.54, 1.807) is 0 Å². The summed E-state index contributed by atoms with van der Waals surface area (Å²) < 4.78 is 41.6. The molecule has 2 aromatic rings. The van der Waals surface area contributed by atoms with E-state index in [2.05, 4.69) is 4.18 Å². The van der Waals surface area contributed by atoms with Gasteiger partial charge in [-0.25, -0.2) is 4.39 Å². The Labute approximate surface area is 113 Å². The highest BCUT2D eigenvalue weighted by Crippen LogP contribution is 2.26. The quantitative estimate of drug-likeness (QED) is 0.491. The summed E-state index contributed by atoms with van der Waals surface area (Å²) in [6, 6.07) is 9.23. The van der Waals surface area contributed by atoms with Gasteiger partial charge < -0.3 is 4.18 Å². The van der Waals surface area contributed by atoms with Crippen molar-refractivity contribution in [2.75, 3.05) is 0 Å². The third-order valence-electron chi connectivity index (χ3n) is 2.33. The summed E-state index contributed by atoms with van der Waals surface area (Å²) in [6.45, 7) is 0. The smallest absolute Gasteiger partial charge is 0.346 e. The average molecular weight is 297 g/mol.